The normalized spacial score (nSPS) is 13.8. The van der Waals surface area contributed by atoms with Crippen LogP contribution in [-0.2, 0) is 16.3 Å². The van der Waals surface area contributed by atoms with Crippen LogP contribution in [0.1, 0.15) is 11.1 Å². The van der Waals surface area contributed by atoms with Crippen LogP contribution in [0.5, 0.6) is 0 Å². The molecule has 0 fully saturated rings. The average Bonchev–Trinajstić information content (AvgIpc) is 2.05. The molecule has 1 aromatic carbocycles. The fourth-order valence-corrected chi connectivity index (χ4v) is 2.22. The number of aliphatic hydroxyl groups is 1. The lowest BCUT2D eigenvalue weighted by Crippen LogP contribution is -2.21. The minimum atomic E-state index is -3.10. The first-order chi connectivity index (χ1) is 6.87. The van der Waals surface area contributed by atoms with Crippen molar-refractivity contribution in [2.45, 2.75) is 19.4 Å². The second-order valence-electron chi connectivity index (χ2n) is 3.94. The van der Waals surface area contributed by atoms with Crippen molar-refractivity contribution in [2.24, 2.45) is 0 Å². The molecule has 1 unspecified atom stereocenters. The van der Waals surface area contributed by atoms with Crippen molar-refractivity contribution in [2.75, 3.05) is 12.0 Å². The molecular formula is C11H16O3S. The molecule has 84 valence electrons. The van der Waals surface area contributed by atoms with Gasteiger partial charge in [0.2, 0.25) is 0 Å². The van der Waals surface area contributed by atoms with Crippen LogP contribution in [0.3, 0.4) is 0 Å². The van der Waals surface area contributed by atoms with E-state index in [2.05, 4.69) is 0 Å². The van der Waals surface area contributed by atoms with Crippen LogP contribution in [0.25, 0.3) is 0 Å². The van der Waals surface area contributed by atoms with Crippen molar-refractivity contribution in [1.29, 1.82) is 0 Å². The second kappa shape index (κ2) is 4.77. The molecule has 1 atom stereocenters. The Balaban J connectivity index is 2.59. The van der Waals surface area contributed by atoms with Crippen LogP contribution in [-0.4, -0.2) is 31.6 Å². The first-order valence-electron chi connectivity index (χ1n) is 4.78. The maximum absolute atomic E-state index is 10.9. The van der Waals surface area contributed by atoms with E-state index in [1.165, 1.54) is 0 Å². The summed E-state index contributed by atoms with van der Waals surface area (Å²) in [5.74, 6) is -0.180. The monoisotopic (exact) mass is 228 g/mol. The molecule has 0 amide bonds. The number of hydrogen-bond donors (Lipinski definition) is 1. The lowest BCUT2D eigenvalue weighted by Gasteiger charge is -2.09. The Morgan fingerprint density at radius 3 is 2.27 bits per heavy atom. The van der Waals surface area contributed by atoms with Gasteiger partial charge in [-0.3, -0.25) is 0 Å². The van der Waals surface area contributed by atoms with E-state index in [1.807, 2.05) is 31.2 Å². The van der Waals surface area contributed by atoms with E-state index in [9.17, 15) is 13.5 Å². The highest BCUT2D eigenvalue weighted by atomic mass is 32.2. The second-order valence-corrected chi connectivity index (χ2v) is 6.12. The zero-order chi connectivity index (χ0) is 11.5. The van der Waals surface area contributed by atoms with Crippen molar-refractivity contribution < 1.29 is 13.5 Å². The van der Waals surface area contributed by atoms with Crippen molar-refractivity contribution >= 4 is 9.84 Å². The maximum atomic E-state index is 10.9. The first kappa shape index (κ1) is 12.2. The Hall–Kier alpha value is -0.870. The third kappa shape index (κ3) is 4.95. The molecule has 0 aliphatic carbocycles. The van der Waals surface area contributed by atoms with Gasteiger partial charge in [0, 0.05) is 6.26 Å². The zero-order valence-corrected chi connectivity index (χ0v) is 9.79. The van der Waals surface area contributed by atoms with E-state index in [1.54, 1.807) is 0 Å². The fraction of sp³-hybridized carbons (Fsp3) is 0.455. The smallest absolute Gasteiger partial charge is 0.150 e. The molecule has 1 N–H and O–H groups in total. The van der Waals surface area contributed by atoms with Crippen LogP contribution in [0.15, 0.2) is 24.3 Å². The number of rotatable bonds is 4. The van der Waals surface area contributed by atoms with Gasteiger partial charge in [-0.05, 0) is 18.9 Å². The summed E-state index contributed by atoms with van der Waals surface area (Å²) in [7, 11) is -3.10. The van der Waals surface area contributed by atoms with Gasteiger partial charge in [0.15, 0.2) is 0 Å². The first-order valence-corrected chi connectivity index (χ1v) is 6.84. The van der Waals surface area contributed by atoms with Gasteiger partial charge >= 0.3 is 0 Å². The van der Waals surface area contributed by atoms with Crippen LogP contribution < -0.4 is 0 Å². The molecule has 0 bridgehead atoms. The third-order valence-corrected chi connectivity index (χ3v) is 3.08. The van der Waals surface area contributed by atoms with Crippen LogP contribution in [0.4, 0.5) is 0 Å². The standard InChI is InChI=1S/C11H16O3S/c1-9-3-5-10(6-4-9)7-11(12)8-15(2,13)14/h3-6,11-12H,7-8H2,1-2H3. The van der Waals surface area contributed by atoms with E-state index in [-0.39, 0.29) is 5.75 Å². The number of sulfone groups is 1. The van der Waals surface area contributed by atoms with E-state index in [0.29, 0.717) is 6.42 Å². The average molecular weight is 228 g/mol. The molecule has 3 nitrogen and oxygen atoms in total. The molecule has 0 aliphatic rings. The lowest BCUT2D eigenvalue weighted by molar-refractivity contribution is 0.198. The Morgan fingerprint density at radius 1 is 1.27 bits per heavy atom. The van der Waals surface area contributed by atoms with E-state index in [0.717, 1.165) is 17.4 Å². The highest BCUT2D eigenvalue weighted by Gasteiger charge is 2.12. The number of aliphatic hydroxyl groups excluding tert-OH is 1. The van der Waals surface area contributed by atoms with Gasteiger partial charge in [0.05, 0.1) is 11.9 Å². The van der Waals surface area contributed by atoms with Gasteiger partial charge < -0.3 is 5.11 Å². The Bertz CT molecular complexity index is 406. The summed E-state index contributed by atoms with van der Waals surface area (Å²) in [6.45, 7) is 1.98. The van der Waals surface area contributed by atoms with Crippen molar-refractivity contribution in [3.63, 3.8) is 0 Å². The number of aryl methyl sites for hydroxylation is 1. The summed E-state index contributed by atoms with van der Waals surface area (Å²) in [6, 6.07) is 7.70. The SMILES string of the molecule is Cc1ccc(CC(O)CS(C)(=O)=O)cc1. The predicted molar refractivity (Wildman–Crippen MR) is 60.6 cm³/mol. The third-order valence-electron chi connectivity index (χ3n) is 2.09. The topological polar surface area (TPSA) is 54.4 Å². The summed E-state index contributed by atoms with van der Waals surface area (Å²) in [4.78, 5) is 0. The quantitative estimate of drug-likeness (QED) is 0.834. The number of hydrogen-bond acceptors (Lipinski definition) is 3. The number of benzene rings is 1. The zero-order valence-electron chi connectivity index (χ0n) is 8.97. The summed E-state index contributed by atoms with van der Waals surface area (Å²) in [6.07, 6.45) is 0.696. The molecular weight excluding hydrogens is 212 g/mol. The molecule has 0 radical (unpaired) electrons. The van der Waals surface area contributed by atoms with Gasteiger partial charge in [-0.15, -0.1) is 0 Å². The van der Waals surface area contributed by atoms with Gasteiger partial charge in [0.1, 0.15) is 9.84 Å². The minimum absolute atomic E-state index is 0.180. The molecule has 1 rings (SSSR count). The molecule has 0 saturated carbocycles. The predicted octanol–water partition coefficient (Wildman–Crippen LogP) is 0.943. The molecule has 0 saturated heterocycles. The Kier molecular flexibility index (Phi) is 3.88. The molecule has 15 heavy (non-hydrogen) atoms. The van der Waals surface area contributed by atoms with Crippen LogP contribution in [0.2, 0.25) is 0 Å². The van der Waals surface area contributed by atoms with Crippen LogP contribution >= 0.6 is 0 Å². The van der Waals surface area contributed by atoms with Gasteiger partial charge in [0.25, 0.3) is 0 Å². The van der Waals surface area contributed by atoms with Gasteiger partial charge in [-0.25, -0.2) is 8.42 Å². The minimum Gasteiger partial charge on any atom is -0.392 e. The molecule has 0 aromatic heterocycles. The highest BCUT2D eigenvalue weighted by Crippen LogP contribution is 2.07. The summed E-state index contributed by atoms with van der Waals surface area (Å²) >= 11 is 0. The van der Waals surface area contributed by atoms with Crippen molar-refractivity contribution in [3.05, 3.63) is 35.4 Å². The summed E-state index contributed by atoms with van der Waals surface area (Å²) in [5.41, 5.74) is 2.10. The maximum Gasteiger partial charge on any atom is 0.150 e. The summed E-state index contributed by atoms with van der Waals surface area (Å²) in [5, 5.41) is 9.53. The van der Waals surface area contributed by atoms with E-state index >= 15 is 0 Å². The molecule has 0 spiro atoms. The molecule has 1 aromatic rings. The van der Waals surface area contributed by atoms with E-state index < -0.39 is 15.9 Å². The molecule has 0 heterocycles. The van der Waals surface area contributed by atoms with Gasteiger partial charge in [-0.2, -0.15) is 0 Å². The Morgan fingerprint density at radius 2 is 1.80 bits per heavy atom. The molecule has 0 aliphatic heterocycles. The van der Waals surface area contributed by atoms with Crippen molar-refractivity contribution in [1.82, 2.24) is 0 Å². The molecule has 4 heteroatoms. The largest absolute Gasteiger partial charge is 0.392 e. The van der Waals surface area contributed by atoms with Gasteiger partial charge in [-0.1, -0.05) is 29.8 Å². The highest BCUT2D eigenvalue weighted by molar-refractivity contribution is 7.90. The van der Waals surface area contributed by atoms with Crippen LogP contribution in [0, 0.1) is 6.92 Å². The Labute approximate surface area is 90.7 Å². The fourth-order valence-electron chi connectivity index (χ4n) is 1.40. The van der Waals surface area contributed by atoms with E-state index in [4.69, 9.17) is 0 Å². The van der Waals surface area contributed by atoms with Crippen molar-refractivity contribution in [3.8, 4) is 0 Å². The summed E-state index contributed by atoms with van der Waals surface area (Å²) < 4.78 is 21.9. The lowest BCUT2D eigenvalue weighted by atomic mass is 10.1.